The molecule has 4 rings (SSSR count). The number of nitrogens with one attached hydrogen (secondary N) is 1. The van der Waals surface area contributed by atoms with Crippen LogP contribution in [0.1, 0.15) is 31.2 Å². The third kappa shape index (κ3) is 3.89. The molecule has 2 heterocycles. The third-order valence-electron chi connectivity index (χ3n) is 5.67. The van der Waals surface area contributed by atoms with Crippen molar-refractivity contribution in [2.24, 2.45) is 10.4 Å². The average molecular weight is 368 g/mol. The highest BCUT2D eigenvalue weighted by Crippen LogP contribution is 2.47. The molecule has 27 heavy (non-hydrogen) atoms. The van der Waals surface area contributed by atoms with Gasteiger partial charge in [0, 0.05) is 32.9 Å². The lowest BCUT2D eigenvalue weighted by atomic mass is 9.68. The zero-order chi connectivity index (χ0) is 18.7. The first-order valence-corrected chi connectivity index (χ1v) is 9.49. The molecule has 1 aromatic heterocycles. The van der Waals surface area contributed by atoms with E-state index in [2.05, 4.69) is 20.2 Å². The van der Waals surface area contributed by atoms with E-state index in [1.54, 1.807) is 37.6 Å². The maximum Gasteiger partial charge on any atom is 0.193 e. The number of aromatic nitrogens is 1. The second-order valence-corrected chi connectivity index (χ2v) is 7.48. The third-order valence-corrected chi connectivity index (χ3v) is 5.67. The summed E-state index contributed by atoms with van der Waals surface area (Å²) in [5, 5.41) is 3.37. The van der Waals surface area contributed by atoms with Crippen molar-refractivity contribution in [1.29, 1.82) is 0 Å². The van der Waals surface area contributed by atoms with Crippen LogP contribution in [0.5, 0.6) is 11.5 Å². The second kappa shape index (κ2) is 7.55. The molecule has 142 valence electrons. The number of rotatable bonds is 4. The van der Waals surface area contributed by atoms with Crippen LogP contribution in [0.4, 0.5) is 4.39 Å². The predicted molar refractivity (Wildman–Crippen MR) is 103 cm³/mol. The van der Waals surface area contributed by atoms with Gasteiger partial charge in [-0.25, -0.2) is 4.39 Å². The first-order valence-electron chi connectivity index (χ1n) is 9.49. The fourth-order valence-corrected chi connectivity index (χ4v) is 3.99. The number of benzene rings is 1. The molecule has 0 amide bonds. The lowest BCUT2D eigenvalue weighted by Crippen LogP contribution is -2.42. The zero-order valence-electron chi connectivity index (χ0n) is 15.6. The predicted octanol–water partition coefficient (Wildman–Crippen LogP) is 3.96. The van der Waals surface area contributed by atoms with Gasteiger partial charge in [0.25, 0.3) is 0 Å². The van der Waals surface area contributed by atoms with Crippen molar-refractivity contribution in [3.63, 3.8) is 0 Å². The van der Waals surface area contributed by atoms with Crippen molar-refractivity contribution in [3.05, 3.63) is 54.1 Å². The summed E-state index contributed by atoms with van der Waals surface area (Å²) in [4.78, 5) is 10.7. The van der Waals surface area contributed by atoms with Crippen LogP contribution in [-0.4, -0.2) is 36.0 Å². The summed E-state index contributed by atoms with van der Waals surface area (Å²) in [5.74, 6) is 1.22. The Kier molecular flexibility index (Phi) is 4.97. The molecule has 1 aliphatic carbocycles. The maximum atomic E-state index is 14.4. The topological polar surface area (TPSA) is 49.8 Å². The smallest absolute Gasteiger partial charge is 0.193 e. The SMILES string of the molecule is CN=C(NCc1ccc(Oc2cccnc2)c(F)c1)N1CCC2(CCC2)C1. The fourth-order valence-electron chi connectivity index (χ4n) is 3.99. The molecular formula is C21H25FN4O. The van der Waals surface area contributed by atoms with Gasteiger partial charge in [0.1, 0.15) is 5.75 Å². The number of likely N-dealkylation sites (tertiary alicyclic amines) is 1. The van der Waals surface area contributed by atoms with Gasteiger partial charge in [-0.2, -0.15) is 0 Å². The lowest BCUT2D eigenvalue weighted by molar-refractivity contribution is 0.151. The molecule has 0 atom stereocenters. The van der Waals surface area contributed by atoms with Crippen molar-refractivity contribution in [3.8, 4) is 11.5 Å². The van der Waals surface area contributed by atoms with Gasteiger partial charge >= 0.3 is 0 Å². The van der Waals surface area contributed by atoms with E-state index in [4.69, 9.17) is 4.74 Å². The first kappa shape index (κ1) is 17.8. The summed E-state index contributed by atoms with van der Waals surface area (Å²) < 4.78 is 19.9. The van der Waals surface area contributed by atoms with E-state index in [1.165, 1.54) is 31.7 Å². The zero-order valence-corrected chi connectivity index (χ0v) is 15.6. The van der Waals surface area contributed by atoms with Gasteiger partial charge < -0.3 is 15.0 Å². The molecule has 2 fully saturated rings. The summed E-state index contributed by atoms with van der Waals surface area (Å²) in [6, 6.07) is 8.53. The van der Waals surface area contributed by atoms with Crippen LogP contribution in [0.15, 0.2) is 47.7 Å². The van der Waals surface area contributed by atoms with Gasteiger partial charge in [-0.1, -0.05) is 12.5 Å². The minimum atomic E-state index is -0.386. The van der Waals surface area contributed by atoms with Gasteiger partial charge in [-0.3, -0.25) is 9.98 Å². The highest BCUT2D eigenvalue weighted by molar-refractivity contribution is 5.80. The van der Waals surface area contributed by atoms with Crippen LogP contribution in [-0.2, 0) is 6.54 Å². The standard InChI is InChI=1S/C21H25FN4O/c1-23-20(26-11-9-21(15-26)7-3-8-21)25-13-16-5-6-19(18(22)12-16)27-17-4-2-10-24-14-17/h2,4-6,10,12,14H,3,7-9,11,13,15H2,1H3,(H,23,25). The van der Waals surface area contributed by atoms with E-state index >= 15 is 0 Å². The minimum absolute atomic E-state index is 0.197. The molecular weight excluding hydrogens is 343 g/mol. The summed E-state index contributed by atoms with van der Waals surface area (Å²) in [6.07, 6.45) is 8.49. The van der Waals surface area contributed by atoms with Gasteiger partial charge in [-0.05, 0) is 54.5 Å². The van der Waals surface area contributed by atoms with Crippen molar-refractivity contribution in [2.45, 2.75) is 32.2 Å². The molecule has 1 N–H and O–H groups in total. The number of halogens is 1. The van der Waals surface area contributed by atoms with E-state index in [0.717, 1.165) is 24.6 Å². The molecule has 1 saturated heterocycles. The fraction of sp³-hybridized carbons (Fsp3) is 0.429. The van der Waals surface area contributed by atoms with Crippen molar-refractivity contribution in [2.75, 3.05) is 20.1 Å². The van der Waals surface area contributed by atoms with E-state index in [9.17, 15) is 4.39 Å². The number of hydrogen-bond acceptors (Lipinski definition) is 3. The Hall–Kier alpha value is -2.63. The van der Waals surface area contributed by atoms with E-state index in [1.807, 2.05) is 6.07 Å². The quantitative estimate of drug-likeness (QED) is 0.655. The van der Waals surface area contributed by atoms with Crippen LogP contribution in [0, 0.1) is 11.2 Å². The van der Waals surface area contributed by atoms with Gasteiger partial charge in [-0.15, -0.1) is 0 Å². The van der Waals surface area contributed by atoms with E-state index in [-0.39, 0.29) is 11.6 Å². The average Bonchev–Trinajstić information content (AvgIpc) is 3.11. The van der Waals surface area contributed by atoms with Crippen molar-refractivity contribution >= 4 is 5.96 Å². The Morgan fingerprint density at radius 1 is 1.33 bits per heavy atom. The number of nitrogens with zero attached hydrogens (tertiary/aromatic N) is 3. The summed E-state index contributed by atoms with van der Waals surface area (Å²) in [6.45, 7) is 2.66. The van der Waals surface area contributed by atoms with Crippen molar-refractivity contribution in [1.82, 2.24) is 15.2 Å². The molecule has 1 aromatic carbocycles. The Balaban J connectivity index is 1.36. The normalized spacial score (nSPS) is 18.4. The van der Waals surface area contributed by atoms with Crippen molar-refractivity contribution < 1.29 is 9.13 Å². The number of aliphatic imine (C=N–C) groups is 1. The Morgan fingerprint density at radius 3 is 2.85 bits per heavy atom. The number of pyridine rings is 1. The molecule has 2 aromatic rings. The summed E-state index contributed by atoms with van der Waals surface area (Å²) >= 11 is 0. The number of hydrogen-bond donors (Lipinski definition) is 1. The molecule has 1 saturated carbocycles. The van der Waals surface area contributed by atoms with Crippen LogP contribution < -0.4 is 10.1 Å². The minimum Gasteiger partial charge on any atom is -0.453 e. The molecule has 1 aliphatic heterocycles. The molecule has 0 bridgehead atoms. The molecule has 1 spiro atoms. The Bertz CT molecular complexity index is 820. The Morgan fingerprint density at radius 2 is 2.22 bits per heavy atom. The van der Waals surface area contributed by atoms with Gasteiger partial charge in [0.05, 0.1) is 6.20 Å². The maximum absolute atomic E-state index is 14.4. The number of ether oxygens (including phenoxy) is 1. The molecule has 2 aliphatic rings. The second-order valence-electron chi connectivity index (χ2n) is 7.48. The van der Waals surface area contributed by atoms with Gasteiger partial charge in [0.15, 0.2) is 17.5 Å². The van der Waals surface area contributed by atoms with Gasteiger partial charge in [0.2, 0.25) is 0 Å². The van der Waals surface area contributed by atoms with E-state index < -0.39 is 0 Å². The van der Waals surface area contributed by atoms with Crippen LogP contribution in [0.25, 0.3) is 0 Å². The summed E-state index contributed by atoms with van der Waals surface area (Å²) in [5.41, 5.74) is 1.37. The number of guanidine groups is 1. The largest absolute Gasteiger partial charge is 0.453 e. The first-order chi connectivity index (χ1) is 13.2. The molecule has 0 unspecified atom stereocenters. The molecule has 6 heteroatoms. The molecule has 5 nitrogen and oxygen atoms in total. The summed E-state index contributed by atoms with van der Waals surface area (Å²) in [7, 11) is 1.81. The van der Waals surface area contributed by atoms with Crippen LogP contribution >= 0.6 is 0 Å². The highest BCUT2D eigenvalue weighted by Gasteiger charge is 2.43. The van der Waals surface area contributed by atoms with Crippen LogP contribution in [0.2, 0.25) is 0 Å². The molecule has 0 radical (unpaired) electrons. The monoisotopic (exact) mass is 368 g/mol. The van der Waals surface area contributed by atoms with E-state index in [0.29, 0.717) is 17.7 Å². The Labute approximate surface area is 159 Å². The highest BCUT2D eigenvalue weighted by atomic mass is 19.1. The lowest BCUT2D eigenvalue weighted by Gasteiger charge is -2.38. The van der Waals surface area contributed by atoms with Crippen LogP contribution in [0.3, 0.4) is 0 Å².